The van der Waals surface area contributed by atoms with Crippen molar-refractivity contribution in [1.82, 2.24) is 0 Å². The quantitative estimate of drug-likeness (QED) is 0.268. The molecule has 0 atom stereocenters. The van der Waals surface area contributed by atoms with Crippen LogP contribution in [0.3, 0.4) is 0 Å². The van der Waals surface area contributed by atoms with Crippen LogP contribution in [-0.4, -0.2) is 18.4 Å². The average molecular weight is 414 g/mol. The molecule has 0 aromatic rings. The van der Waals surface area contributed by atoms with E-state index in [0.717, 1.165) is 5.92 Å². The first-order valence-electron chi connectivity index (χ1n) is 10.6. The van der Waals surface area contributed by atoms with E-state index in [-0.39, 0.29) is 0 Å². The molecule has 131 valence electrons. The van der Waals surface area contributed by atoms with Crippen LogP contribution in [0.1, 0.15) is 97.8 Å². The zero-order valence-electron chi connectivity index (χ0n) is 16.0. The van der Waals surface area contributed by atoms with Crippen LogP contribution in [0.4, 0.5) is 0 Å². The van der Waals surface area contributed by atoms with Crippen LogP contribution in [0.5, 0.6) is 0 Å². The minimum atomic E-state index is -1.84. The normalized spacial score (nSPS) is 17.0. The molecule has 0 heterocycles. The van der Waals surface area contributed by atoms with Crippen LogP contribution in [0.2, 0.25) is 17.7 Å². The van der Waals surface area contributed by atoms with Gasteiger partial charge in [0.15, 0.2) is 0 Å². The van der Waals surface area contributed by atoms with E-state index in [9.17, 15) is 0 Å². The number of hydrogen-bond donors (Lipinski definition) is 0. The van der Waals surface area contributed by atoms with E-state index in [0.29, 0.717) is 0 Å². The Morgan fingerprint density at radius 1 is 0.773 bits per heavy atom. The first kappa shape index (κ1) is 20.8. The van der Waals surface area contributed by atoms with Crippen molar-refractivity contribution in [3.05, 3.63) is 6.42 Å². The molecule has 1 aliphatic rings. The Morgan fingerprint density at radius 2 is 1.27 bits per heavy atom. The van der Waals surface area contributed by atoms with Gasteiger partial charge in [-0.1, -0.05) is 0 Å². The molecule has 0 aliphatic heterocycles. The maximum absolute atomic E-state index is 2.81. The topological polar surface area (TPSA) is 0 Å². The molecule has 0 amide bonds. The van der Waals surface area contributed by atoms with E-state index in [1.54, 1.807) is 17.7 Å². The van der Waals surface area contributed by atoms with E-state index in [4.69, 9.17) is 0 Å². The molecule has 0 unspecified atom stereocenters. The number of hydrogen-bond acceptors (Lipinski definition) is 0. The second-order valence-corrected chi connectivity index (χ2v) is 22.1. The van der Waals surface area contributed by atoms with Gasteiger partial charge in [0.05, 0.1) is 0 Å². The van der Waals surface area contributed by atoms with Gasteiger partial charge in [-0.05, 0) is 0 Å². The van der Waals surface area contributed by atoms with Crippen LogP contribution in [0.25, 0.3) is 0 Å². The molecule has 22 heavy (non-hydrogen) atoms. The Kier molecular flexibility index (Phi) is 12.4. The van der Waals surface area contributed by atoms with Gasteiger partial charge < -0.3 is 0 Å². The molecule has 0 N–H and O–H groups in total. The summed E-state index contributed by atoms with van der Waals surface area (Å²) in [5.74, 6) is 1.06. The predicted octanol–water partition coefficient (Wildman–Crippen LogP) is 8.01. The van der Waals surface area contributed by atoms with Crippen molar-refractivity contribution in [2.24, 2.45) is 5.92 Å². The van der Waals surface area contributed by atoms with Gasteiger partial charge >= 0.3 is 146 Å². The molecule has 1 rings (SSSR count). The Labute approximate surface area is 146 Å². The van der Waals surface area contributed by atoms with Crippen molar-refractivity contribution in [2.75, 3.05) is 0 Å². The fourth-order valence-electron chi connectivity index (χ4n) is 4.38. The van der Waals surface area contributed by atoms with Crippen LogP contribution in [0, 0.1) is 12.3 Å². The van der Waals surface area contributed by atoms with E-state index < -0.39 is 18.4 Å². The van der Waals surface area contributed by atoms with Crippen LogP contribution in [-0.2, 0) is 0 Å². The second-order valence-electron chi connectivity index (χ2n) is 8.04. The molecule has 0 bridgehead atoms. The van der Waals surface area contributed by atoms with Crippen molar-refractivity contribution in [1.29, 1.82) is 0 Å². The zero-order valence-corrected chi connectivity index (χ0v) is 18.8. The van der Waals surface area contributed by atoms with Gasteiger partial charge in [-0.25, -0.2) is 0 Å². The third-order valence-electron chi connectivity index (χ3n) is 5.98. The summed E-state index contributed by atoms with van der Waals surface area (Å²) < 4.78 is 6.68. The molecule has 1 heteroatoms. The van der Waals surface area contributed by atoms with Gasteiger partial charge in [0.2, 0.25) is 0 Å². The fourth-order valence-corrected chi connectivity index (χ4v) is 19.9. The maximum atomic E-state index is 2.81. The Balaban J connectivity index is 2.47. The first-order valence-corrected chi connectivity index (χ1v) is 18.6. The van der Waals surface area contributed by atoms with E-state index >= 15 is 0 Å². The molecule has 0 aromatic carbocycles. The van der Waals surface area contributed by atoms with Crippen molar-refractivity contribution >= 4 is 18.4 Å². The molecule has 0 saturated heterocycles. The summed E-state index contributed by atoms with van der Waals surface area (Å²) in [6.07, 6.45) is 20.7. The minimum absolute atomic E-state index is 1.06. The molecular weight excluding hydrogens is 371 g/mol. The summed E-state index contributed by atoms with van der Waals surface area (Å²) in [5.41, 5.74) is 0. The predicted molar refractivity (Wildman–Crippen MR) is 105 cm³/mol. The van der Waals surface area contributed by atoms with Gasteiger partial charge in [-0.15, -0.1) is 0 Å². The fraction of sp³-hybridized carbons (Fsp3) is 0.952. The molecular formula is C21H43Sn. The third kappa shape index (κ3) is 8.59. The zero-order chi connectivity index (χ0) is 16.1. The van der Waals surface area contributed by atoms with Crippen molar-refractivity contribution in [3.63, 3.8) is 0 Å². The van der Waals surface area contributed by atoms with Gasteiger partial charge in [0.1, 0.15) is 0 Å². The molecule has 1 saturated carbocycles. The summed E-state index contributed by atoms with van der Waals surface area (Å²) >= 11 is -1.84. The molecule has 0 aromatic heterocycles. The summed E-state index contributed by atoms with van der Waals surface area (Å²) in [6, 6.07) is 0. The summed E-state index contributed by atoms with van der Waals surface area (Å²) in [7, 11) is 0. The monoisotopic (exact) mass is 415 g/mol. The van der Waals surface area contributed by atoms with Gasteiger partial charge in [-0.2, -0.15) is 0 Å². The number of unbranched alkanes of at least 4 members (excludes halogenated alkanes) is 3. The average Bonchev–Trinajstić information content (AvgIpc) is 2.57. The van der Waals surface area contributed by atoms with Crippen LogP contribution >= 0.6 is 0 Å². The summed E-state index contributed by atoms with van der Waals surface area (Å²) in [6.45, 7) is 7.17. The van der Waals surface area contributed by atoms with Gasteiger partial charge in [0, 0.05) is 0 Å². The summed E-state index contributed by atoms with van der Waals surface area (Å²) in [5, 5.41) is 0. The summed E-state index contributed by atoms with van der Waals surface area (Å²) in [4.78, 5) is 0. The molecule has 0 spiro atoms. The van der Waals surface area contributed by atoms with Crippen LogP contribution in [0.15, 0.2) is 0 Å². The SMILES string of the molecule is CCC[CH2][Sn]([CH2][CH]CC1CCCCC1)([CH2]CCC)[CH2]CCC. The van der Waals surface area contributed by atoms with Crippen molar-refractivity contribution in [2.45, 2.75) is 116 Å². The van der Waals surface area contributed by atoms with Gasteiger partial charge in [0.25, 0.3) is 0 Å². The Hall–Kier alpha value is 0.799. The first-order chi connectivity index (χ1) is 10.8. The van der Waals surface area contributed by atoms with E-state index in [2.05, 4.69) is 27.2 Å². The molecule has 1 fully saturated rings. The van der Waals surface area contributed by atoms with Crippen molar-refractivity contribution < 1.29 is 0 Å². The number of rotatable bonds is 13. The third-order valence-corrected chi connectivity index (χ3v) is 21.4. The molecule has 0 nitrogen and oxygen atoms in total. The van der Waals surface area contributed by atoms with Crippen LogP contribution < -0.4 is 0 Å². The second kappa shape index (κ2) is 13.1. The van der Waals surface area contributed by atoms with Crippen molar-refractivity contribution in [3.8, 4) is 0 Å². The van der Waals surface area contributed by atoms with E-state index in [1.807, 2.05) is 0 Å². The molecule has 1 aliphatic carbocycles. The molecule has 1 radical (unpaired) electrons. The van der Waals surface area contributed by atoms with E-state index in [1.165, 1.54) is 77.0 Å². The standard InChI is InChI=1S/C9H16.3C4H9.Sn/c1-2-6-9-7-4-3-5-8-9;3*1-3-4-2;/h2,9H,1,3-8H2;3*1,3-4H2,2H3;. The Bertz CT molecular complexity index is 221. The van der Waals surface area contributed by atoms with Gasteiger partial charge in [-0.3, -0.25) is 0 Å². The Morgan fingerprint density at radius 3 is 1.73 bits per heavy atom.